The van der Waals surface area contributed by atoms with Gasteiger partial charge in [0.1, 0.15) is 0 Å². The first kappa shape index (κ1) is 39.8. The lowest BCUT2D eigenvalue weighted by molar-refractivity contribution is -0.274. The van der Waals surface area contributed by atoms with Gasteiger partial charge < -0.3 is 24.4 Å². The summed E-state index contributed by atoms with van der Waals surface area (Å²) in [6, 6.07) is 8.01. The molecule has 1 aromatic carbocycles. The third-order valence-electron chi connectivity index (χ3n) is 17.5. The van der Waals surface area contributed by atoms with E-state index in [-0.39, 0.29) is 56.9 Å². The minimum absolute atomic E-state index is 0.0363. The fraction of sp³-hybridized carbons (Fsp3) is 0.761. The highest BCUT2D eigenvalue weighted by Crippen LogP contribution is 2.78. The van der Waals surface area contributed by atoms with E-state index in [4.69, 9.17) is 14.2 Å². The number of hydrogen-bond donors (Lipinski definition) is 1. The van der Waals surface area contributed by atoms with Gasteiger partial charge in [-0.15, -0.1) is 0 Å². The van der Waals surface area contributed by atoms with E-state index in [1.54, 1.807) is 0 Å². The Morgan fingerprint density at radius 1 is 0.945 bits per heavy atom. The lowest BCUT2D eigenvalue weighted by Gasteiger charge is -2.74. The first-order valence-corrected chi connectivity index (χ1v) is 23.1. The number of fused-ring (bicyclic) bond motifs is 4. The van der Waals surface area contributed by atoms with Crippen molar-refractivity contribution in [1.29, 1.82) is 0 Å². The Morgan fingerprint density at radius 3 is 2.27 bits per heavy atom. The average molecular weight is 777 g/mol. The quantitative estimate of drug-likeness (QED) is 0.221. The van der Waals surface area contributed by atoms with Crippen molar-refractivity contribution in [1.82, 2.24) is 10.2 Å². The fourth-order valence-corrected chi connectivity index (χ4v) is 16.2. The number of ether oxygens (including phenoxy) is 3. The Bertz CT molecular complexity index is 1840. The molecule has 8 nitrogen and oxygen atoms in total. The van der Waals surface area contributed by atoms with E-state index in [0.29, 0.717) is 48.2 Å². The Morgan fingerprint density at radius 2 is 1.62 bits per heavy atom. The maximum Gasteiger partial charge on any atom is 0.337 e. The van der Waals surface area contributed by atoms with Crippen LogP contribution >= 0.6 is 0 Å². The van der Waals surface area contributed by atoms with Crippen molar-refractivity contribution in [3.8, 4) is 0 Å². The number of esters is 1. The number of nitrogens with zero attached hydrogens (tertiary/aromatic N) is 1. The molecular weight excluding hydrogens is 709 g/mol. The minimum atomic E-state index is -2.91. The molecule has 6 fully saturated rings. The van der Waals surface area contributed by atoms with Crippen molar-refractivity contribution < 1.29 is 27.4 Å². The van der Waals surface area contributed by atoms with Crippen LogP contribution in [0.5, 0.6) is 0 Å². The van der Waals surface area contributed by atoms with E-state index < -0.39 is 15.6 Å². The first-order chi connectivity index (χ1) is 25.7. The van der Waals surface area contributed by atoms with Crippen molar-refractivity contribution in [2.75, 3.05) is 44.8 Å². The minimum Gasteiger partial charge on any atom is -0.465 e. The second kappa shape index (κ2) is 13.2. The van der Waals surface area contributed by atoms with Gasteiger partial charge in [-0.3, -0.25) is 0 Å². The summed E-state index contributed by atoms with van der Waals surface area (Å²) in [6.45, 7) is 27.0. The molecule has 9 heteroatoms. The molecule has 0 spiro atoms. The molecule has 2 heterocycles. The lowest BCUT2D eigenvalue weighted by atomic mass is 9.31. The summed E-state index contributed by atoms with van der Waals surface area (Å²) in [5.74, 6) is 1.74. The summed E-state index contributed by atoms with van der Waals surface area (Å²) < 4.78 is 44.2. The molecule has 7 aliphatic rings. The standard InChI is InChI=1S/C46H68N2O6S/c1-29(2)32-17-20-46(47-21-22-48-23-25-55(50,51)26-24-48)28-38-44(8)34(39(32)46)15-16-35-43(7)19-18-33(30-11-13-31(14-12-30)40(49)52-10)41(3,4)36(43)27-37(45(35,44)9)53-42(5,6)54-38/h11-14,18,32,34-39,47H,1,15-17,19-28H2,2-10H3/t32-,34+,35+,36-,37-,38-,39+,43+,44-,45-,46-/m0/s1. The smallest absolute Gasteiger partial charge is 0.337 e. The zero-order valence-corrected chi connectivity index (χ0v) is 35.9. The van der Waals surface area contributed by atoms with Crippen LogP contribution in [0.15, 0.2) is 42.5 Å². The average Bonchev–Trinajstić information content (AvgIpc) is 3.46. The SMILES string of the molecule is C=C(C)[C@@H]1CC[C@]2(NCCN3CCS(=O)(=O)CC3)C[C@@H]3OC(C)(C)O[C@H]4C[C@H]5C(C)(C)C(c6ccc(C(=O)OC)cc6)=CC[C@]5(C)[C@H]5CC[C@H]([C@@H]12)[C@]3(C)[C@]45C. The first-order valence-electron chi connectivity index (χ1n) is 21.3. The largest absolute Gasteiger partial charge is 0.465 e. The van der Waals surface area contributed by atoms with Gasteiger partial charge in [0.05, 0.1) is 36.4 Å². The van der Waals surface area contributed by atoms with Gasteiger partial charge in [0.15, 0.2) is 15.6 Å². The van der Waals surface area contributed by atoms with Crippen LogP contribution in [0.3, 0.4) is 0 Å². The van der Waals surface area contributed by atoms with Crippen LogP contribution in [0.4, 0.5) is 0 Å². The van der Waals surface area contributed by atoms with Crippen molar-refractivity contribution >= 4 is 21.4 Å². The van der Waals surface area contributed by atoms with E-state index >= 15 is 0 Å². The number of methoxy groups -OCH3 is 1. The summed E-state index contributed by atoms with van der Waals surface area (Å²) in [6.07, 6.45) is 10.2. The van der Waals surface area contributed by atoms with Crippen LogP contribution in [0, 0.1) is 51.2 Å². The molecule has 1 N–H and O–H groups in total. The van der Waals surface area contributed by atoms with Crippen LogP contribution < -0.4 is 5.32 Å². The van der Waals surface area contributed by atoms with E-state index in [9.17, 15) is 13.2 Å². The molecule has 55 heavy (non-hydrogen) atoms. The summed E-state index contributed by atoms with van der Waals surface area (Å²) in [7, 11) is -1.47. The number of allylic oxidation sites excluding steroid dienone is 3. The molecule has 4 saturated carbocycles. The third kappa shape index (κ3) is 5.92. The normalized spacial score (nSPS) is 43.9. The second-order valence-electron chi connectivity index (χ2n) is 20.6. The van der Waals surface area contributed by atoms with Crippen LogP contribution in [0.2, 0.25) is 0 Å². The van der Waals surface area contributed by atoms with Gasteiger partial charge in [-0.1, -0.05) is 65.0 Å². The number of benzene rings is 1. The zero-order valence-electron chi connectivity index (χ0n) is 35.1. The molecule has 0 aromatic heterocycles. The van der Waals surface area contributed by atoms with Gasteiger partial charge in [-0.05, 0) is 129 Å². The summed E-state index contributed by atoms with van der Waals surface area (Å²) in [5.41, 5.74) is 4.15. The molecule has 0 amide bonds. The highest BCUT2D eigenvalue weighted by molar-refractivity contribution is 7.91. The Hall–Kier alpha value is -2.04. The monoisotopic (exact) mass is 776 g/mol. The number of rotatable bonds is 7. The molecule has 0 unspecified atom stereocenters. The van der Waals surface area contributed by atoms with E-state index in [2.05, 4.69) is 90.4 Å². The number of carbonyl (C=O) groups excluding carboxylic acids is 1. The third-order valence-corrected chi connectivity index (χ3v) is 19.1. The van der Waals surface area contributed by atoms with E-state index in [0.717, 1.165) is 45.2 Å². The molecule has 0 bridgehead atoms. The van der Waals surface area contributed by atoms with Gasteiger partial charge in [0, 0.05) is 42.5 Å². The molecule has 11 atom stereocenters. The summed E-state index contributed by atoms with van der Waals surface area (Å²) in [4.78, 5) is 14.6. The molecule has 2 aliphatic heterocycles. The summed E-state index contributed by atoms with van der Waals surface area (Å²) >= 11 is 0. The van der Waals surface area contributed by atoms with Crippen LogP contribution in [0.25, 0.3) is 5.57 Å². The van der Waals surface area contributed by atoms with Gasteiger partial charge in [0.25, 0.3) is 0 Å². The number of hydrogen-bond acceptors (Lipinski definition) is 8. The fourth-order valence-electron chi connectivity index (χ4n) is 14.9. The molecule has 304 valence electrons. The maximum absolute atomic E-state index is 12.3. The van der Waals surface area contributed by atoms with Gasteiger partial charge in [-0.25, -0.2) is 13.2 Å². The molecule has 2 saturated heterocycles. The molecule has 1 aromatic rings. The van der Waals surface area contributed by atoms with Gasteiger partial charge >= 0.3 is 5.97 Å². The predicted octanol–water partition coefficient (Wildman–Crippen LogP) is 7.94. The maximum atomic E-state index is 12.3. The van der Waals surface area contributed by atoms with E-state index in [1.807, 2.05) is 12.1 Å². The molecule has 0 radical (unpaired) electrons. The van der Waals surface area contributed by atoms with Crippen LogP contribution in [-0.4, -0.2) is 87.6 Å². The van der Waals surface area contributed by atoms with Crippen molar-refractivity contribution in [2.45, 2.75) is 124 Å². The Balaban J connectivity index is 1.16. The topological polar surface area (TPSA) is 94.2 Å². The summed E-state index contributed by atoms with van der Waals surface area (Å²) in [5, 5.41) is 4.22. The number of carbonyl (C=O) groups is 1. The molecule has 5 aliphatic carbocycles. The lowest BCUT2D eigenvalue weighted by Crippen LogP contribution is -2.74. The highest BCUT2D eigenvalue weighted by atomic mass is 32.2. The van der Waals surface area contributed by atoms with Crippen molar-refractivity contribution in [3.63, 3.8) is 0 Å². The Kier molecular flexibility index (Phi) is 9.57. The van der Waals surface area contributed by atoms with Gasteiger partial charge in [0.2, 0.25) is 0 Å². The zero-order chi connectivity index (χ0) is 39.6. The second-order valence-corrected chi connectivity index (χ2v) is 22.9. The predicted molar refractivity (Wildman–Crippen MR) is 218 cm³/mol. The number of sulfone groups is 1. The van der Waals surface area contributed by atoms with Crippen molar-refractivity contribution in [3.05, 3.63) is 53.6 Å². The van der Waals surface area contributed by atoms with Crippen molar-refractivity contribution in [2.24, 2.45) is 51.2 Å². The van der Waals surface area contributed by atoms with Crippen LogP contribution in [0.1, 0.15) is 116 Å². The van der Waals surface area contributed by atoms with Gasteiger partial charge in [-0.2, -0.15) is 0 Å². The highest BCUT2D eigenvalue weighted by Gasteiger charge is 2.77. The van der Waals surface area contributed by atoms with Crippen LogP contribution in [-0.2, 0) is 24.0 Å². The molecule has 8 rings (SSSR count). The van der Waals surface area contributed by atoms with E-state index in [1.165, 1.54) is 36.7 Å². The Labute approximate surface area is 331 Å². The molecular formula is C46H68N2O6S. The number of nitrogens with one attached hydrogen (secondary N) is 1.